The maximum atomic E-state index is 13.0. The zero-order valence-corrected chi connectivity index (χ0v) is 19.1. The van der Waals surface area contributed by atoms with Crippen LogP contribution in [0.2, 0.25) is 0 Å². The fourth-order valence-electron chi connectivity index (χ4n) is 3.65. The normalized spacial score (nSPS) is 15.4. The SMILES string of the molecule is CCn1c(SCC(=O)Nc2cc(C)on2)nc2cc(S(=O)(=O)N3CCCCC3)ccc21. The molecule has 1 fully saturated rings. The second kappa shape index (κ2) is 9.01. The number of nitrogens with zero attached hydrogens (tertiary/aromatic N) is 4. The van der Waals surface area contributed by atoms with Crippen LogP contribution in [0.25, 0.3) is 11.0 Å². The van der Waals surface area contributed by atoms with Crippen molar-refractivity contribution in [2.24, 2.45) is 0 Å². The standard InChI is InChI=1S/C20H25N5O4S2/c1-3-25-17-8-7-15(31(27,28)24-9-5-4-6-10-24)12-16(17)21-20(25)30-13-19(26)22-18-11-14(2)29-23-18/h7-8,11-12H,3-6,9-10,13H2,1-2H3,(H,22,23,26). The van der Waals surface area contributed by atoms with E-state index in [9.17, 15) is 13.2 Å². The van der Waals surface area contributed by atoms with Gasteiger partial charge in [-0.05, 0) is 44.9 Å². The van der Waals surface area contributed by atoms with Crippen molar-refractivity contribution in [1.82, 2.24) is 19.0 Å². The Hall–Kier alpha value is -2.37. The smallest absolute Gasteiger partial charge is 0.243 e. The third-order valence-electron chi connectivity index (χ3n) is 5.18. The summed E-state index contributed by atoms with van der Waals surface area (Å²) in [6.07, 6.45) is 2.85. The van der Waals surface area contributed by atoms with E-state index >= 15 is 0 Å². The zero-order valence-electron chi connectivity index (χ0n) is 17.5. The molecule has 0 aliphatic carbocycles. The lowest BCUT2D eigenvalue weighted by molar-refractivity contribution is -0.113. The van der Waals surface area contributed by atoms with E-state index in [-0.39, 0.29) is 16.6 Å². The van der Waals surface area contributed by atoms with E-state index in [0.29, 0.717) is 41.9 Å². The van der Waals surface area contributed by atoms with Gasteiger partial charge in [0.15, 0.2) is 11.0 Å². The second-order valence-corrected chi connectivity index (χ2v) is 10.3. The van der Waals surface area contributed by atoms with Gasteiger partial charge in [0, 0.05) is 25.7 Å². The Morgan fingerprint density at radius 1 is 1.23 bits per heavy atom. The molecule has 1 saturated heterocycles. The molecule has 3 heterocycles. The average Bonchev–Trinajstić information content (AvgIpc) is 3.34. The Bertz CT molecular complexity index is 1200. The number of nitrogens with one attached hydrogen (secondary N) is 1. The lowest BCUT2D eigenvalue weighted by atomic mass is 10.2. The quantitative estimate of drug-likeness (QED) is 0.536. The number of hydrogen-bond donors (Lipinski definition) is 1. The number of fused-ring (bicyclic) bond motifs is 1. The van der Waals surface area contributed by atoms with Crippen LogP contribution >= 0.6 is 11.8 Å². The zero-order chi connectivity index (χ0) is 22.0. The fourth-order valence-corrected chi connectivity index (χ4v) is 6.07. The first-order valence-corrected chi connectivity index (χ1v) is 12.7. The molecule has 3 aromatic rings. The highest BCUT2D eigenvalue weighted by Crippen LogP contribution is 2.28. The van der Waals surface area contributed by atoms with Crippen LogP contribution in [0.15, 0.2) is 38.8 Å². The molecular weight excluding hydrogens is 438 g/mol. The minimum Gasteiger partial charge on any atom is -0.360 e. The average molecular weight is 464 g/mol. The number of aromatic nitrogens is 3. The van der Waals surface area contributed by atoms with Gasteiger partial charge in [-0.25, -0.2) is 13.4 Å². The molecule has 0 unspecified atom stereocenters. The molecule has 2 aromatic heterocycles. The third kappa shape index (κ3) is 4.63. The molecule has 11 heteroatoms. The molecule has 0 bridgehead atoms. The van der Waals surface area contributed by atoms with Crippen molar-refractivity contribution in [3.05, 3.63) is 30.0 Å². The van der Waals surface area contributed by atoms with Gasteiger partial charge >= 0.3 is 0 Å². The van der Waals surface area contributed by atoms with Crippen molar-refractivity contribution in [2.45, 2.75) is 49.7 Å². The highest BCUT2D eigenvalue weighted by Gasteiger charge is 2.26. The number of benzene rings is 1. The van der Waals surface area contributed by atoms with Gasteiger partial charge < -0.3 is 14.4 Å². The molecule has 1 aliphatic rings. The van der Waals surface area contributed by atoms with Gasteiger partial charge in [0.1, 0.15) is 5.76 Å². The van der Waals surface area contributed by atoms with Crippen LogP contribution in [-0.2, 0) is 21.4 Å². The summed E-state index contributed by atoms with van der Waals surface area (Å²) in [5.74, 6) is 0.917. The summed E-state index contributed by atoms with van der Waals surface area (Å²) in [5.41, 5.74) is 1.45. The number of sulfonamides is 1. The number of piperidine rings is 1. The van der Waals surface area contributed by atoms with Gasteiger partial charge in [-0.1, -0.05) is 23.3 Å². The summed E-state index contributed by atoms with van der Waals surface area (Å²) in [7, 11) is -3.52. The minimum atomic E-state index is -3.52. The number of amides is 1. The molecule has 0 spiro atoms. The molecule has 1 aliphatic heterocycles. The Labute approximate surface area is 185 Å². The van der Waals surface area contributed by atoms with Gasteiger partial charge in [-0.15, -0.1) is 0 Å². The molecule has 166 valence electrons. The fraction of sp³-hybridized carbons (Fsp3) is 0.450. The van der Waals surface area contributed by atoms with Crippen LogP contribution in [0.4, 0.5) is 5.82 Å². The summed E-state index contributed by atoms with van der Waals surface area (Å²) in [4.78, 5) is 17.1. The van der Waals surface area contributed by atoms with E-state index in [2.05, 4.69) is 15.5 Å². The Kier molecular flexibility index (Phi) is 6.35. The van der Waals surface area contributed by atoms with Crippen LogP contribution in [0.3, 0.4) is 0 Å². The van der Waals surface area contributed by atoms with Crippen molar-refractivity contribution in [3.63, 3.8) is 0 Å². The summed E-state index contributed by atoms with van der Waals surface area (Å²) >= 11 is 1.29. The Morgan fingerprint density at radius 2 is 2.00 bits per heavy atom. The molecule has 9 nitrogen and oxygen atoms in total. The predicted octanol–water partition coefficient (Wildman–Crippen LogP) is 3.26. The Balaban J connectivity index is 1.53. The summed E-state index contributed by atoms with van der Waals surface area (Å²) in [6, 6.07) is 6.72. The van der Waals surface area contributed by atoms with E-state index in [1.165, 1.54) is 11.8 Å². The number of thioether (sulfide) groups is 1. The maximum Gasteiger partial charge on any atom is 0.243 e. The van der Waals surface area contributed by atoms with Gasteiger partial charge in [0.25, 0.3) is 0 Å². The minimum absolute atomic E-state index is 0.147. The van der Waals surface area contributed by atoms with Gasteiger partial charge in [0.2, 0.25) is 15.9 Å². The molecular formula is C20H25N5O4S2. The molecule has 1 aromatic carbocycles. The van der Waals surface area contributed by atoms with Crippen LogP contribution in [0, 0.1) is 6.92 Å². The van der Waals surface area contributed by atoms with E-state index in [1.54, 1.807) is 35.5 Å². The number of anilines is 1. The number of carbonyl (C=O) groups is 1. The summed E-state index contributed by atoms with van der Waals surface area (Å²) in [5, 5.41) is 7.10. The highest BCUT2D eigenvalue weighted by atomic mass is 32.2. The number of rotatable bonds is 7. The second-order valence-electron chi connectivity index (χ2n) is 7.41. The van der Waals surface area contributed by atoms with Crippen LogP contribution in [0.1, 0.15) is 31.9 Å². The molecule has 0 radical (unpaired) electrons. The van der Waals surface area contributed by atoms with Crippen LogP contribution < -0.4 is 5.32 Å². The van der Waals surface area contributed by atoms with Crippen molar-refractivity contribution in [3.8, 4) is 0 Å². The largest absolute Gasteiger partial charge is 0.360 e. The first-order chi connectivity index (χ1) is 14.9. The predicted molar refractivity (Wildman–Crippen MR) is 119 cm³/mol. The van der Waals surface area contributed by atoms with Crippen molar-refractivity contribution < 1.29 is 17.7 Å². The Morgan fingerprint density at radius 3 is 2.68 bits per heavy atom. The summed E-state index contributed by atoms with van der Waals surface area (Å²) < 4.78 is 34.5. The summed E-state index contributed by atoms with van der Waals surface area (Å²) in [6.45, 7) is 5.51. The van der Waals surface area contributed by atoms with Crippen LogP contribution in [0.5, 0.6) is 0 Å². The molecule has 31 heavy (non-hydrogen) atoms. The van der Waals surface area contributed by atoms with E-state index in [0.717, 1.165) is 24.8 Å². The first-order valence-electron chi connectivity index (χ1n) is 10.2. The number of aryl methyl sites for hydroxylation is 2. The number of carbonyl (C=O) groups excluding carboxylic acids is 1. The molecule has 0 atom stereocenters. The lowest BCUT2D eigenvalue weighted by Gasteiger charge is -2.25. The highest BCUT2D eigenvalue weighted by molar-refractivity contribution is 7.99. The van der Waals surface area contributed by atoms with Crippen molar-refractivity contribution in [2.75, 3.05) is 24.2 Å². The van der Waals surface area contributed by atoms with E-state index < -0.39 is 10.0 Å². The van der Waals surface area contributed by atoms with Crippen molar-refractivity contribution in [1.29, 1.82) is 0 Å². The number of imidazole rings is 1. The number of hydrogen-bond acceptors (Lipinski definition) is 7. The topological polar surface area (TPSA) is 110 Å². The maximum absolute atomic E-state index is 13.0. The van der Waals surface area contributed by atoms with Gasteiger partial charge in [0.05, 0.1) is 21.7 Å². The van der Waals surface area contributed by atoms with E-state index in [4.69, 9.17) is 4.52 Å². The monoisotopic (exact) mass is 463 g/mol. The lowest BCUT2D eigenvalue weighted by Crippen LogP contribution is -2.35. The van der Waals surface area contributed by atoms with E-state index in [1.807, 2.05) is 11.5 Å². The first kappa shape index (κ1) is 21.8. The molecule has 0 saturated carbocycles. The van der Waals surface area contributed by atoms with Gasteiger partial charge in [-0.2, -0.15) is 4.31 Å². The van der Waals surface area contributed by atoms with Crippen LogP contribution in [-0.4, -0.2) is 52.2 Å². The molecule has 1 amide bonds. The van der Waals surface area contributed by atoms with Crippen molar-refractivity contribution >= 4 is 44.5 Å². The molecule has 4 rings (SSSR count). The van der Waals surface area contributed by atoms with Gasteiger partial charge in [-0.3, -0.25) is 4.79 Å². The molecule has 1 N–H and O–H groups in total. The third-order valence-corrected chi connectivity index (χ3v) is 8.05.